The predicted molar refractivity (Wildman–Crippen MR) is 131 cm³/mol. The maximum Gasteiger partial charge on any atom is 0.349 e. The largest absolute Gasteiger partial charge is 0.490 e. The topological polar surface area (TPSA) is 103 Å². The second-order valence-electron chi connectivity index (χ2n) is 8.15. The van der Waals surface area contributed by atoms with Gasteiger partial charge in [-0.05, 0) is 63.5 Å². The molecule has 1 N–H and O–H groups in total. The number of ether oxygens (including phenoxy) is 3. The Morgan fingerprint density at radius 2 is 1.79 bits per heavy atom. The quantitative estimate of drug-likeness (QED) is 0.293. The minimum absolute atomic E-state index is 0.169. The molecule has 0 saturated heterocycles. The third kappa shape index (κ3) is 7.14. The molecule has 8 heteroatoms. The molecule has 0 spiro atoms. The van der Waals surface area contributed by atoms with E-state index < -0.39 is 18.5 Å². The number of rotatable bonds is 11. The van der Waals surface area contributed by atoms with Gasteiger partial charge in [0.05, 0.1) is 13.2 Å². The summed E-state index contributed by atoms with van der Waals surface area (Å²) in [5, 5.41) is 12.1. The van der Waals surface area contributed by atoms with Gasteiger partial charge in [-0.25, -0.2) is 4.79 Å². The van der Waals surface area contributed by atoms with Crippen LogP contribution in [0.4, 0.5) is 5.69 Å². The summed E-state index contributed by atoms with van der Waals surface area (Å²) in [5.74, 6) is 0.148. The Morgan fingerprint density at radius 1 is 1.12 bits per heavy atom. The van der Waals surface area contributed by atoms with Gasteiger partial charge in [0, 0.05) is 29.7 Å². The Balaban J connectivity index is 2.05. The minimum Gasteiger partial charge on any atom is -0.490 e. The van der Waals surface area contributed by atoms with Gasteiger partial charge < -0.3 is 24.1 Å². The van der Waals surface area contributed by atoms with Gasteiger partial charge in [-0.3, -0.25) is 4.79 Å². The zero-order valence-corrected chi connectivity index (χ0v) is 20.7. The van der Waals surface area contributed by atoms with E-state index in [1.807, 2.05) is 39.8 Å². The Bertz CT molecular complexity index is 1090. The molecule has 0 aliphatic heterocycles. The summed E-state index contributed by atoms with van der Waals surface area (Å²) in [4.78, 5) is 24.7. The highest BCUT2D eigenvalue weighted by Crippen LogP contribution is 2.30. The lowest BCUT2D eigenvalue weighted by molar-refractivity contribution is -0.142. The second-order valence-corrected chi connectivity index (χ2v) is 8.15. The van der Waals surface area contributed by atoms with Crippen molar-refractivity contribution in [3.05, 3.63) is 46.8 Å². The van der Waals surface area contributed by atoms with Crippen LogP contribution in [0.3, 0.4) is 0 Å². The molecule has 34 heavy (non-hydrogen) atoms. The van der Waals surface area contributed by atoms with Crippen LogP contribution in [0.2, 0.25) is 0 Å². The second kappa shape index (κ2) is 12.5. The normalized spacial score (nSPS) is 11.2. The number of nitrogens with one attached hydrogen (secondary N) is 1. The molecular formula is C26H33N3O5. The lowest BCUT2D eigenvalue weighted by atomic mass is 10.1. The van der Waals surface area contributed by atoms with Gasteiger partial charge in [0.15, 0.2) is 18.1 Å². The van der Waals surface area contributed by atoms with Crippen molar-refractivity contribution in [2.24, 2.45) is 5.92 Å². The molecule has 2 aromatic rings. The number of nitrogens with zero attached hydrogens (tertiary/aromatic N) is 2. The maximum absolute atomic E-state index is 12.4. The molecule has 0 radical (unpaired) electrons. The van der Waals surface area contributed by atoms with Crippen molar-refractivity contribution in [2.75, 3.05) is 25.1 Å². The molecule has 1 amide bonds. The van der Waals surface area contributed by atoms with E-state index in [1.165, 1.54) is 6.08 Å². The summed E-state index contributed by atoms with van der Waals surface area (Å²) in [6.07, 6.45) is 1.50. The fraction of sp³-hybridized carbons (Fsp3) is 0.423. The van der Waals surface area contributed by atoms with Crippen molar-refractivity contribution in [1.82, 2.24) is 4.57 Å². The maximum atomic E-state index is 12.4. The lowest BCUT2D eigenvalue weighted by Crippen LogP contribution is -2.21. The Hall–Kier alpha value is -3.73. The van der Waals surface area contributed by atoms with E-state index in [-0.39, 0.29) is 5.57 Å². The number of hydrogen-bond acceptors (Lipinski definition) is 6. The zero-order chi connectivity index (χ0) is 25.3. The van der Waals surface area contributed by atoms with E-state index in [1.54, 1.807) is 18.2 Å². The van der Waals surface area contributed by atoms with Gasteiger partial charge in [-0.15, -0.1) is 0 Å². The first kappa shape index (κ1) is 26.5. The van der Waals surface area contributed by atoms with E-state index in [0.29, 0.717) is 36.3 Å². The molecular weight excluding hydrogens is 434 g/mol. The van der Waals surface area contributed by atoms with Crippen LogP contribution in [0.15, 0.2) is 29.8 Å². The molecule has 0 aliphatic rings. The van der Waals surface area contributed by atoms with Gasteiger partial charge in [-0.1, -0.05) is 13.8 Å². The smallest absolute Gasteiger partial charge is 0.349 e. The van der Waals surface area contributed by atoms with Gasteiger partial charge in [0.1, 0.15) is 11.6 Å². The predicted octanol–water partition coefficient (Wildman–Crippen LogP) is 4.65. The summed E-state index contributed by atoms with van der Waals surface area (Å²) in [7, 11) is 0. The number of benzene rings is 1. The average Bonchev–Trinajstić information content (AvgIpc) is 3.04. The van der Waals surface area contributed by atoms with Crippen molar-refractivity contribution in [2.45, 2.75) is 48.1 Å². The highest BCUT2D eigenvalue weighted by molar-refractivity contribution is 6.00. The SMILES string of the molecule is CCOc1ccc(NC(=O)COC(=O)/C(C#N)=C/c2cc(C)n(CC(C)C)c2C)cc1OCC. The number of aromatic nitrogens is 1. The minimum atomic E-state index is -0.854. The summed E-state index contributed by atoms with van der Waals surface area (Å²) < 4.78 is 18.3. The van der Waals surface area contributed by atoms with Crippen LogP contribution in [0.25, 0.3) is 6.08 Å². The standard InChI is InChI=1S/C26H33N3O5/c1-7-32-23-10-9-22(13-24(23)33-8-2)28-25(30)16-34-26(31)21(14-27)12-20-11-18(5)29(19(20)6)15-17(3)4/h9-13,17H,7-8,15-16H2,1-6H3,(H,28,30)/b21-12+. The highest BCUT2D eigenvalue weighted by Gasteiger charge is 2.16. The molecule has 2 rings (SSSR count). The first-order chi connectivity index (χ1) is 16.2. The number of nitriles is 1. The molecule has 0 bridgehead atoms. The first-order valence-corrected chi connectivity index (χ1v) is 11.3. The molecule has 1 aromatic heterocycles. The van der Waals surface area contributed by atoms with Crippen LogP contribution in [0.5, 0.6) is 11.5 Å². The van der Waals surface area contributed by atoms with Crippen molar-refractivity contribution >= 4 is 23.6 Å². The van der Waals surface area contributed by atoms with Crippen LogP contribution in [0.1, 0.15) is 44.6 Å². The Morgan fingerprint density at radius 3 is 2.41 bits per heavy atom. The molecule has 8 nitrogen and oxygen atoms in total. The van der Waals surface area contributed by atoms with Gasteiger partial charge in [0.25, 0.3) is 5.91 Å². The number of esters is 1. The summed E-state index contributed by atoms with van der Waals surface area (Å²) in [6.45, 7) is 13.1. The molecule has 0 unspecified atom stereocenters. The molecule has 0 saturated carbocycles. The van der Waals surface area contributed by atoms with Gasteiger partial charge >= 0.3 is 5.97 Å². The van der Waals surface area contributed by atoms with E-state index in [0.717, 1.165) is 23.5 Å². The number of amides is 1. The molecule has 0 aliphatic carbocycles. The van der Waals surface area contributed by atoms with Gasteiger partial charge in [-0.2, -0.15) is 5.26 Å². The van der Waals surface area contributed by atoms with Crippen molar-refractivity contribution in [1.29, 1.82) is 5.26 Å². The van der Waals surface area contributed by atoms with Crippen LogP contribution in [-0.4, -0.2) is 36.3 Å². The zero-order valence-electron chi connectivity index (χ0n) is 20.7. The number of anilines is 1. The van der Waals surface area contributed by atoms with Crippen LogP contribution < -0.4 is 14.8 Å². The first-order valence-electron chi connectivity index (χ1n) is 11.3. The fourth-order valence-corrected chi connectivity index (χ4v) is 3.45. The molecule has 182 valence electrons. The third-order valence-corrected chi connectivity index (χ3v) is 4.96. The van der Waals surface area contributed by atoms with Gasteiger partial charge in [0.2, 0.25) is 0 Å². The molecule has 1 aromatic carbocycles. The van der Waals surface area contributed by atoms with E-state index in [2.05, 4.69) is 23.7 Å². The Kier molecular flexibility index (Phi) is 9.75. The van der Waals surface area contributed by atoms with Crippen molar-refractivity contribution in [3.63, 3.8) is 0 Å². The number of hydrogen-bond donors (Lipinski definition) is 1. The number of aryl methyl sites for hydroxylation is 1. The summed E-state index contributed by atoms with van der Waals surface area (Å²) >= 11 is 0. The van der Waals surface area contributed by atoms with Crippen LogP contribution in [-0.2, 0) is 20.9 Å². The monoisotopic (exact) mass is 467 g/mol. The fourth-order valence-electron chi connectivity index (χ4n) is 3.45. The molecule has 0 fully saturated rings. The molecule has 1 heterocycles. The van der Waals surface area contributed by atoms with E-state index in [9.17, 15) is 14.9 Å². The van der Waals surface area contributed by atoms with Crippen molar-refractivity contribution in [3.8, 4) is 17.6 Å². The third-order valence-electron chi connectivity index (χ3n) is 4.96. The van der Waals surface area contributed by atoms with E-state index >= 15 is 0 Å². The number of carbonyl (C=O) groups is 2. The highest BCUT2D eigenvalue weighted by atomic mass is 16.5. The van der Waals surface area contributed by atoms with Crippen LogP contribution in [0, 0.1) is 31.1 Å². The lowest BCUT2D eigenvalue weighted by Gasteiger charge is -2.13. The van der Waals surface area contributed by atoms with Crippen LogP contribution >= 0.6 is 0 Å². The average molecular weight is 468 g/mol. The summed E-state index contributed by atoms with van der Waals surface area (Å²) in [5.41, 5.74) is 3.09. The van der Waals surface area contributed by atoms with E-state index in [4.69, 9.17) is 14.2 Å². The molecule has 0 atom stereocenters. The Labute approximate surface area is 201 Å². The van der Waals surface area contributed by atoms with Crippen molar-refractivity contribution < 1.29 is 23.8 Å². The number of carbonyl (C=O) groups excluding carboxylic acids is 2. The summed E-state index contributed by atoms with van der Waals surface area (Å²) in [6, 6.07) is 8.81.